The Morgan fingerprint density at radius 1 is 1.46 bits per heavy atom. The maximum Gasteiger partial charge on any atom is 0.434 e. The average molecular weight is 298 g/mol. The van der Waals surface area contributed by atoms with Crippen LogP contribution in [-0.2, 0) is 6.18 Å². The number of pyridine rings is 1. The monoisotopic (exact) mass is 298 g/mol. The molecule has 0 amide bonds. The van der Waals surface area contributed by atoms with Crippen molar-refractivity contribution >= 4 is 22.6 Å². The van der Waals surface area contributed by atoms with E-state index in [4.69, 9.17) is 5.26 Å². The Balaban J connectivity index is 3.23. The summed E-state index contributed by atoms with van der Waals surface area (Å²) in [5.41, 5.74) is -0.829. The molecule has 0 bridgehead atoms. The second-order valence-corrected chi connectivity index (χ2v) is 3.33. The topological polar surface area (TPSA) is 36.7 Å². The van der Waals surface area contributed by atoms with Gasteiger partial charge in [-0.05, 0) is 28.7 Å². The van der Waals surface area contributed by atoms with Crippen molar-refractivity contribution < 1.29 is 13.2 Å². The normalized spacial score (nSPS) is 11.0. The van der Waals surface area contributed by atoms with Crippen molar-refractivity contribution in [3.8, 4) is 6.07 Å². The number of aromatic nitrogens is 1. The molecule has 68 valence electrons. The molecule has 1 heterocycles. The molecular formula is C7H2F3IN2. The van der Waals surface area contributed by atoms with Crippen LogP contribution in [-0.4, -0.2) is 4.98 Å². The highest BCUT2D eigenvalue weighted by molar-refractivity contribution is 14.1. The summed E-state index contributed by atoms with van der Waals surface area (Å²) in [5, 5.41) is 8.38. The minimum Gasteiger partial charge on any atom is -0.249 e. The third-order valence-electron chi connectivity index (χ3n) is 1.24. The standard InChI is InChI=1S/C7H2F3IN2/c8-7(9,10)6-5(11)1-4(2-12)3-13-6/h1,3H. The highest BCUT2D eigenvalue weighted by Gasteiger charge is 2.34. The van der Waals surface area contributed by atoms with E-state index in [1.165, 1.54) is 22.6 Å². The second-order valence-electron chi connectivity index (χ2n) is 2.16. The van der Waals surface area contributed by atoms with Crippen molar-refractivity contribution in [3.63, 3.8) is 0 Å². The van der Waals surface area contributed by atoms with Gasteiger partial charge in [-0.3, -0.25) is 0 Å². The zero-order valence-corrected chi connectivity index (χ0v) is 8.22. The van der Waals surface area contributed by atoms with Crippen LogP contribution in [0.1, 0.15) is 11.3 Å². The molecule has 1 rings (SSSR count). The van der Waals surface area contributed by atoms with Crippen molar-refractivity contribution in [3.05, 3.63) is 27.1 Å². The third kappa shape index (κ3) is 2.30. The maximum absolute atomic E-state index is 12.1. The Hall–Kier alpha value is -0.840. The van der Waals surface area contributed by atoms with Gasteiger partial charge in [-0.1, -0.05) is 0 Å². The molecule has 2 nitrogen and oxygen atoms in total. The highest BCUT2D eigenvalue weighted by atomic mass is 127. The van der Waals surface area contributed by atoms with Gasteiger partial charge in [0.15, 0.2) is 5.69 Å². The quantitative estimate of drug-likeness (QED) is 0.690. The number of alkyl halides is 3. The molecule has 0 saturated heterocycles. The Bertz CT molecular complexity index is 367. The van der Waals surface area contributed by atoms with Crippen LogP contribution in [0.25, 0.3) is 0 Å². The van der Waals surface area contributed by atoms with Gasteiger partial charge in [-0.2, -0.15) is 18.4 Å². The van der Waals surface area contributed by atoms with E-state index < -0.39 is 11.9 Å². The van der Waals surface area contributed by atoms with Gasteiger partial charge >= 0.3 is 6.18 Å². The predicted molar refractivity (Wildman–Crippen MR) is 46.7 cm³/mol. The summed E-state index contributed by atoms with van der Waals surface area (Å²) in [6.07, 6.45) is -3.55. The fourth-order valence-corrected chi connectivity index (χ4v) is 1.49. The molecule has 0 aliphatic rings. The molecule has 0 radical (unpaired) electrons. The van der Waals surface area contributed by atoms with Crippen LogP contribution in [0.2, 0.25) is 0 Å². The lowest BCUT2D eigenvalue weighted by Crippen LogP contribution is -2.10. The van der Waals surface area contributed by atoms with Crippen LogP contribution in [0.15, 0.2) is 12.3 Å². The van der Waals surface area contributed by atoms with E-state index >= 15 is 0 Å². The summed E-state index contributed by atoms with van der Waals surface area (Å²) in [6.45, 7) is 0. The Morgan fingerprint density at radius 3 is 2.46 bits per heavy atom. The first kappa shape index (κ1) is 10.2. The molecular weight excluding hydrogens is 296 g/mol. The van der Waals surface area contributed by atoms with Crippen LogP contribution in [0.5, 0.6) is 0 Å². The molecule has 1 aromatic rings. The molecule has 0 atom stereocenters. The van der Waals surface area contributed by atoms with Crippen molar-refractivity contribution in [1.29, 1.82) is 5.26 Å². The van der Waals surface area contributed by atoms with E-state index in [1.54, 1.807) is 6.07 Å². The van der Waals surface area contributed by atoms with Crippen molar-refractivity contribution in [2.75, 3.05) is 0 Å². The molecule has 0 aromatic carbocycles. The summed E-state index contributed by atoms with van der Waals surface area (Å²) in [4.78, 5) is 3.17. The highest BCUT2D eigenvalue weighted by Crippen LogP contribution is 2.30. The van der Waals surface area contributed by atoms with Gasteiger partial charge in [-0.15, -0.1) is 0 Å². The third-order valence-corrected chi connectivity index (χ3v) is 2.06. The van der Waals surface area contributed by atoms with E-state index in [0.29, 0.717) is 0 Å². The number of nitrogens with zero attached hydrogens (tertiary/aromatic N) is 2. The average Bonchev–Trinajstić information content (AvgIpc) is 2.01. The van der Waals surface area contributed by atoms with E-state index in [0.717, 1.165) is 12.3 Å². The van der Waals surface area contributed by atoms with Gasteiger partial charge in [0.2, 0.25) is 0 Å². The molecule has 0 unspecified atom stereocenters. The van der Waals surface area contributed by atoms with Gasteiger partial charge in [0, 0.05) is 9.77 Å². The molecule has 0 aliphatic carbocycles. The van der Waals surface area contributed by atoms with E-state index in [-0.39, 0.29) is 9.13 Å². The van der Waals surface area contributed by atoms with E-state index in [9.17, 15) is 13.2 Å². The molecule has 0 N–H and O–H groups in total. The summed E-state index contributed by atoms with van der Waals surface area (Å²) in [5.74, 6) is 0. The SMILES string of the molecule is N#Cc1cnc(C(F)(F)F)c(I)c1. The van der Waals surface area contributed by atoms with Gasteiger partial charge < -0.3 is 0 Å². The molecule has 0 spiro atoms. The van der Waals surface area contributed by atoms with Crippen LogP contribution >= 0.6 is 22.6 Å². The molecule has 1 aromatic heterocycles. The maximum atomic E-state index is 12.1. The molecule has 0 aliphatic heterocycles. The van der Waals surface area contributed by atoms with Crippen LogP contribution in [0.4, 0.5) is 13.2 Å². The lowest BCUT2D eigenvalue weighted by molar-refractivity contribution is -0.141. The molecule has 0 saturated carbocycles. The Labute approximate surface area is 85.5 Å². The molecule has 6 heteroatoms. The largest absolute Gasteiger partial charge is 0.434 e. The molecule has 13 heavy (non-hydrogen) atoms. The van der Waals surface area contributed by atoms with Gasteiger partial charge in [-0.25, -0.2) is 4.98 Å². The number of halogens is 4. The van der Waals surface area contributed by atoms with Gasteiger partial charge in [0.05, 0.1) is 5.56 Å². The first-order chi connectivity index (χ1) is 5.95. The predicted octanol–water partition coefficient (Wildman–Crippen LogP) is 2.58. The summed E-state index contributed by atoms with van der Waals surface area (Å²) >= 11 is 1.50. The van der Waals surface area contributed by atoms with Crippen molar-refractivity contribution in [2.24, 2.45) is 0 Å². The zero-order valence-electron chi connectivity index (χ0n) is 6.06. The fraction of sp³-hybridized carbons (Fsp3) is 0.143. The van der Waals surface area contributed by atoms with Crippen LogP contribution in [0, 0.1) is 14.9 Å². The number of hydrogen-bond donors (Lipinski definition) is 0. The first-order valence-corrected chi connectivity index (χ1v) is 4.16. The van der Waals surface area contributed by atoms with Crippen molar-refractivity contribution in [2.45, 2.75) is 6.18 Å². The minimum absolute atomic E-state index is 0.0656. The fourth-order valence-electron chi connectivity index (χ4n) is 0.708. The molecule has 0 fully saturated rings. The smallest absolute Gasteiger partial charge is 0.249 e. The van der Waals surface area contributed by atoms with E-state index in [1.807, 2.05) is 0 Å². The van der Waals surface area contributed by atoms with Gasteiger partial charge in [0.1, 0.15) is 6.07 Å². The van der Waals surface area contributed by atoms with Crippen LogP contribution < -0.4 is 0 Å². The van der Waals surface area contributed by atoms with Crippen LogP contribution in [0.3, 0.4) is 0 Å². The summed E-state index contributed by atoms with van der Waals surface area (Å²) in [6, 6.07) is 2.86. The Kier molecular flexibility index (Phi) is 2.75. The summed E-state index contributed by atoms with van der Waals surface area (Å²) < 4.78 is 36.3. The number of nitriles is 1. The minimum atomic E-state index is -4.45. The zero-order chi connectivity index (χ0) is 10.1. The first-order valence-electron chi connectivity index (χ1n) is 3.08. The lowest BCUT2D eigenvalue weighted by atomic mass is 10.2. The summed E-state index contributed by atoms with van der Waals surface area (Å²) in [7, 11) is 0. The van der Waals surface area contributed by atoms with E-state index in [2.05, 4.69) is 4.98 Å². The Morgan fingerprint density at radius 2 is 2.08 bits per heavy atom. The van der Waals surface area contributed by atoms with Gasteiger partial charge in [0.25, 0.3) is 0 Å². The lowest BCUT2D eigenvalue weighted by Gasteiger charge is -2.06. The number of rotatable bonds is 0. The number of hydrogen-bond acceptors (Lipinski definition) is 2. The second kappa shape index (κ2) is 3.49. The van der Waals surface area contributed by atoms with Crippen molar-refractivity contribution in [1.82, 2.24) is 4.98 Å².